The standard InChI is InChI=1S/C19H24N2/c1-12-3-5-14-13(11-12)4-6-16-15(14)9-10-19(2)17(16)7-8-18(19)21-20/h3,5-6,11,15,17H,4,7-10,20H2,1-2H3/b21-18+. The average molecular weight is 280 g/mol. The van der Waals surface area contributed by atoms with Gasteiger partial charge in [0.1, 0.15) is 0 Å². The summed E-state index contributed by atoms with van der Waals surface area (Å²) >= 11 is 0. The second kappa shape index (κ2) is 4.46. The van der Waals surface area contributed by atoms with Crippen LogP contribution in [-0.4, -0.2) is 5.71 Å². The maximum Gasteiger partial charge on any atom is 0.0441 e. The Labute approximate surface area is 127 Å². The van der Waals surface area contributed by atoms with Gasteiger partial charge >= 0.3 is 0 Å². The zero-order valence-electron chi connectivity index (χ0n) is 13.0. The van der Waals surface area contributed by atoms with E-state index in [9.17, 15) is 0 Å². The number of fused-ring (bicyclic) bond motifs is 5. The van der Waals surface area contributed by atoms with Gasteiger partial charge in [-0.1, -0.05) is 42.3 Å². The van der Waals surface area contributed by atoms with Gasteiger partial charge in [0, 0.05) is 17.0 Å². The summed E-state index contributed by atoms with van der Waals surface area (Å²) in [5.74, 6) is 6.96. The number of hydrogen-bond donors (Lipinski definition) is 1. The number of allylic oxidation sites excluding steroid dienone is 2. The molecule has 0 amide bonds. The van der Waals surface area contributed by atoms with Crippen LogP contribution < -0.4 is 5.84 Å². The van der Waals surface area contributed by atoms with E-state index in [-0.39, 0.29) is 5.41 Å². The van der Waals surface area contributed by atoms with Gasteiger partial charge in [0.15, 0.2) is 0 Å². The maximum atomic E-state index is 5.66. The number of rotatable bonds is 0. The van der Waals surface area contributed by atoms with Gasteiger partial charge in [0.2, 0.25) is 0 Å². The van der Waals surface area contributed by atoms with E-state index < -0.39 is 0 Å². The van der Waals surface area contributed by atoms with Crippen molar-refractivity contribution in [2.45, 2.75) is 51.9 Å². The molecule has 2 fully saturated rings. The Morgan fingerprint density at radius 1 is 1.29 bits per heavy atom. The molecule has 110 valence electrons. The lowest BCUT2D eigenvalue weighted by atomic mass is 9.59. The number of nitrogens with zero attached hydrogens (tertiary/aromatic N) is 1. The van der Waals surface area contributed by atoms with Gasteiger partial charge in [-0.15, -0.1) is 0 Å². The monoisotopic (exact) mass is 280 g/mol. The molecule has 21 heavy (non-hydrogen) atoms. The van der Waals surface area contributed by atoms with Crippen LogP contribution in [0.2, 0.25) is 0 Å². The zero-order valence-corrected chi connectivity index (χ0v) is 13.0. The Bertz CT molecular complexity index is 656. The SMILES string of the molecule is Cc1ccc2c(c1)CC=C1C2CCC2(C)/C(=N/N)CCC12. The summed E-state index contributed by atoms with van der Waals surface area (Å²) in [7, 11) is 0. The van der Waals surface area contributed by atoms with Crippen molar-refractivity contribution < 1.29 is 0 Å². The quantitative estimate of drug-likeness (QED) is 0.434. The van der Waals surface area contributed by atoms with E-state index in [1.807, 2.05) is 0 Å². The van der Waals surface area contributed by atoms with Crippen molar-refractivity contribution in [2.75, 3.05) is 0 Å². The predicted molar refractivity (Wildman–Crippen MR) is 87.4 cm³/mol. The van der Waals surface area contributed by atoms with Gasteiger partial charge in [0.25, 0.3) is 0 Å². The zero-order chi connectivity index (χ0) is 14.6. The number of hydrazone groups is 1. The Morgan fingerprint density at radius 2 is 2.14 bits per heavy atom. The van der Waals surface area contributed by atoms with E-state index in [1.54, 1.807) is 11.1 Å². The van der Waals surface area contributed by atoms with Crippen LogP contribution in [0, 0.1) is 18.3 Å². The van der Waals surface area contributed by atoms with Crippen molar-refractivity contribution in [3.05, 3.63) is 46.5 Å². The van der Waals surface area contributed by atoms with Crippen LogP contribution >= 0.6 is 0 Å². The van der Waals surface area contributed by atoms with Crippen LogP contribution in [0.4, 0.5) is 0 Å². The first-order valence-corrected chi connectivity index (χ1v) is 8.20. The van der Waals surface area contributed by atoms with Gasteiger partial charge in [-0.05, 0) is 56.1 Å². The molecule has 2 saturated carbocycles. The molecular formula is C19H24N2. The van der Waals surface area contributed by atoms with Crippen LogP contribution in [-0.2, 0) is 6.42 Å². The molecule has 0 bridgehead atoms. The van der Waals surface area contributed by atoms with Gasteiger partial charge in [-0.2, -0.15) is 5.10 Å². The fourth-order valence-electron chi connectivity index (χ4n) is 5.10. The highest BCUT2D eigenvalue weighted by atomic mass is 15.1. The smallest absolute Gasteiger partial charge is 0.0441 e. The molecule has 0 radical (unpaired) electrons. The summed E-state index contributed by atoms with van der Waals surface area (Å²) in [6.45, 7) is 4.58. The molecule has 3 aliphatic rings. The van der Waals surface area contributed by atoms with E-state index in [1.165, 1.54) is 36.1 Å². The molecule has 0 aromatic heterocycles. The fraction of sp³-hybridized carbons (Fsp3) is 0.526. The van der Waals surface area contributed by atoms with Crippen molar-refractivity contribution in [1.82, 2.24) is 0 Å². The molecule has 3 atom stereocenters. The molecule has 1 aromatic rings. The summed E-state index contributed by atoms with van der Waals surface area (Å²) in [6.07, 6.45) is 8.41. The lowest BCUT2D eigenvalue weighted by molar-refractivity contribution is 0.256. The summed E-state index contributed by atoms with van der Waals surface area (Å²) in [5.41, 5.74) is 7.65. The van der Waals surface area contributed by atoms with Crippen molar-refractivity contribution in [3.8, 4) is 0 Å². The van der Waals surface area contributed by atoms with Crippen LogP contribution in [0.15, 0.2) is 34.9 Å². The van der Waals surface area contributed by atoms with Gasteiger partial charge in [-0.25, -0.2) is 0 Å². The average Bonchev–Trinajstić information content (AvgIpc) is 2.83. The Morgan fingerprint density at radius 3 is 2.95 bits per heavy atom. The first kappa shape index (κ1) is 13.1. The third-order valence-electron chi connectivity index (χ3n) is 6.24. The normalized spacial score (nSPS) is 35.9. The Balaban J connectivity index is 1.76. The molecule has 2 N–H and O–H groups in total. The number of hydrogen-bond acceptors (Lipinski definition) is 2. The van der Waals surface area contributed by atoms with Gasteiger partial charge in [0.05, 0.1) is 0 Å². The minimum Gasteiger partial charge on any atom is -0.323 e. The van der Waals surface area contributed by atoms with E-state index >= 15 is 0 Å². The van der Waals surface area contributed by atoms with Crippen molar-refractivity contribution >= 4 is 5.71 Å². The largest absolute Gasteiger partial charge is 0.323 e. The third kappa shape index (κ3) is 1.74. The Kier molecular flexibility index (Phi) is 2.79. The topological polar surface area (TPSA) is 38.4 Å². The van der Waals surface area contributed by atoms with E-state index in [4.69, 9.17) is 5.84 Å². The highest BCUT2D eigenvalue weighted by Gasteiger charge is 2.50. The minimum atomic E-state index is 0.222. The van der Waals surface area contributed by atoms with Gasteiger partial charge in [-0.3, -0.25) is 0 Å². The molecule has 0 saturated heterocycles. The molecule has 2 nitrogen and oxygen atoms in total. The summed E-state index contributed by atoms with van der Waals surface area (Å²) in [6, 6.07) is 7.02. The van der Waals surface area contributed by atoms with Crippen LogP contribution in [0.25, 0.3) is 0 Å². The van der Waals surface area contributed by atoms with Gasteiger partial charge < -0.3 is 5.84 Å². The first-order chi connectivity index (χ1) is 10.1. The molecule has 0 aliphatic heterocycles. The molecule has 2 heteroatoms. The van der Waals surface area contributed by atoms with Crippen LogP contribution in [0.1, 0.15) is 55.2 Å². The van der Waals surface area contributed by atoms with E-state index in [2.05, 4.69) is 43.2 Å². The summed E-state index contributed by atoms with van der Waals surface area (Å²) in [5, 5.41) is 4.13. The molecule has 0 spiro atoms. The van der Waals surface area contributed by atoms with Crippen LogP contribution in [0.5, 0.6) is 0 Å². The minimum absolute atomic E-state index is 0.222. The molecule has 3 unspecified atom stereocenters. The summed E-state index contributed by atoms with van der Waals surface area (Å²) < 4.78 is 0. The first-order valence-electron chi connectivity index (χ1n) is 8.20. The maximum absolute atomic E-state index is 5.66. The fourth-order valence-corrected chi connectivity index (χ4v) is 5.10. The van der Waals surface area contributed by atoms with Crippen molar-refractivity contribution in [1.29, 1.82) is 0 Å². The highest BCUT2D eigenvalue weighted by Crippen LogP contribution is 2.58. The Hall–Kier alpha value is -1.57. The molecule has 0 heterocycles. The number of benzene rings is 1. The molecule has 1 aromatic carbocycles. The lowest BCUT2D eigenvalue weighted by Crippen LogP contribution is -2.37. The second-order valence-corrected chi connectivity index (χ2v) is 7.29. The summed E-state index contributed by atoms with van der Waals surface area (Å²) in [4.78, 5) is 0. The van der Waals surface area contributed by atoms with Crippen molar-refractivity contribution in [2.24, 2.45) is 22.3 Å². The van der Waals surface area contributed by atoms with E-state index in [0.29, 0.717) is 11.8 Å². The number of aryl methyl sites for hydroxylation is 1. The lowest BCUT2D eigenvalue weighted by Gasteiger charge is -2.44. The number of nitrogens with two attached hydrogens (primary N) is 1. The third-order valence-corrected chi connectivity index (χ3v) is 6.24. The molecular weight excluding hydrogens is 256 g/mol. The second-order valence-electron chi connectivity index (χ2n) is 7.29. The highest BCUT2D eigenvalue weighted by molar-refractivity contribution is 5.93. The van der Waals surface area contributed by atoms with Crippen LogP contribution in [0.3, 0.4) is 0 Å². The van der Waals surface area contributed by atoms with Crippen molar-refractivity contribution in [3.63, 3.8) is 0 Å². The van der Waals surface area contributed by atoms with E-state index in [0.717, 1.165) is 12.8 Å². The molecule has 3 aliphatic carbocycles. The predicted octanol–water partition coefficient (Wildman–Crippen LogP) is 4.09. The molecule has 4 rings (SSSR count).